The molecule has 4 nitrogen and oxygen atoms in total. The largest absolute Gasteiger partial charge is 0.366 e. The first-order valence-electron chi connectivity index (χ1n) is 4.87. The number of benzene rings is 1. The topological polar surface area (TPSA) is 78.9 Å². The number of hydrogen-bond donors (Lipinski definition) is 2. The van der Waals surface area contributed by atoms with Crippen molar-refractivity contribution in [2.45, 2.75) is 13.0 Å². The lowest BCUT2D eigenvalue weighted by molar-refractivity contribution is 0.100. The van der Waals surface area contributed by atoms with Crippen molar-refractivity contribution in [3.8, 4) is 6.07 Å². The molecule has 0 aliphatic carbocycles. The predicted octanol–water partition coefficient (Wildman–Crippen LogP) is 1.67. The minimum absolute atomic E-state index is 0.382. The number of anilines is 1. The van der Waals surface area contributed by atoms with Crippen molar-refractivity contribution in [3.05, 3.63) is 42.0 Å². The summed E-state index contributed by atoms with van der Waals surface area (Å²) >= 11 is 0. The Hall–Kier alpha value is -2.28. The highest BCUT2D eigenvalue weighted by molar-refractivity contribution is 5.98. The van der Waals surface area contributed by atoms with E-state index in [1.54, 1.807) is 36.4 Å². The van der Waals surface area contributed by atoms with E-state index >= 15 is 0 Å². The maximum Gasteiger partial charge on any atom is 0.250 e. The third kappa shape index (κ3) is 2.85. The third-order valence-corrected chi connectivity index (χ3v) is 2.03. The van der Waals surface area contributed by atoms with E-state index in [9.17, 15) is 4.79 Å². The van der Waals surface area contributed by atoms with Gasteiger partial charge in [-0.15, -0.1) is 0 Å². The van der Waals surface area contributed by atoms with Gasteiger partial charge in [-0.1, -0.05) is 24.3 Å². The Morgan fingerprint density at radius 1 is 1.56 bits per heavy atom. The molecule has 0 spiro atoms. The van der Waals surface area contributed by atoms with Crippen molar-refractivity contribution < 1.29 is 4.79 Å². The zero-order chi connectivity index (χ0) is 12.0. The fourth-order valence-corrected chi connectivity index (χ4v) is 1.31. The molecular weight excluding hydrogens is 202 g/mol. The minimum Gasteiger partial charge on any atom is -0.366 e. The number of rotatable bonds is 4. The lowest BCUT2D eigenvalue weighted by atomic mass is 10.1. The number of nitrogens with one attached hydrogen (secondary N) is 1. The summed E-state index contributed by atoms with van der Waals surface area (Å²) in [4.78, 5) is 11.1. The lowest BCUT2D eigenvalue weighted by Crippen LogP contribution is -2.19. The van der Waals surface area contributed by atoms with Crippen LogP contribution in [0.25, 0.3) is 0 Å². The molecule has 0 radical (unpaired) electrons. The molecule has 3 N–H and O–H groups in total. The number of hydrogen-bond acceptors (Lipinski definition) is 3. The average molecular weight is 215 g/mol. The molecule has 1 atom stereocenters. The Bertz CT molecular complexity index is 446. The summed E-state index contributed by atoms with van der Waals surface area (Å²) in [6.45, 7) is 1.83. The Morgan fingerprint density at radius 2 is 2.25 bits per heavy atom. The van der Waals surface area contributed by atoms with Crippen molar-refractivity contribution in [2.75, 3.05) is 5.32 Å². The first kappa shape index (κ1) is 11.8. The molecule has 0 unspecified atom stereocenters. The Kier molecular flexibility index (Phi) is 4.10. The van der Waals surface area contributed by atoms with Gasteiger partial charge >= 0.3 is 0 Å². The SMILES string of the molecule is C/C=C\[C@H](C#N)Nc1ccccc1C(N)=O. The summed E-state index contributed by atoms with van der Waals surface area (Å²) in [5.74, 6) is -0.514. The summed E-state index contributed by atoms with van der Waals surface area (Å²) < 4.78 is 0. The summed E-state index contributed by atoms with van der Waals surface area (Å²) in [5, 5.41) is 11.8. The van der Waals surface area contributed by atoms with Crippen LogP contribution in [-0.4, -0.2) is 11.9 Å². The molecule has 1 amide bonds. The average Bonchev–Trinajstić information content (AvgIpc) is 2.29. The highest BCUT2D eigenvalue weighted by atomic mass is 16.1. The highest BCUT2D eigenvalue weighted by Gasteiger charge is 2.09. The standard InChI is InChI=1S/C12H13N3O/c1-2-5-9(8-13)15-11-7-4-3-6-10(11)12(14)16/h2-7,9,15H,1H3,(H2,14,16)/b5-2-/t9-/m1/s1. The number of nitrogens with two attached hydrogens (primary N) is 1. The lowest BCUT2D eigenvalue weighted by Gasteiger charge is -2.11. The third-order valence-electron chi connectivity index (χ3n) is 2.03. The molecule has 0 aromatic heterocycles. The number of allylic oxidation sites excluding steroid dienone is 1. The minimum atomic E-state index is -0.514. The summed E-state index contributed by atoms with van der Waals surface area (Å²) in [6.07, 6.45) is 3.48. The molecule has 0 saturated carbocycles. The molecule has 0 bridgehead atoms. The summed E-state index contributed by atoms with van der Waals surface area (Å²) in [6, 6.07) is 8.44. The van der Waals surface area contributed by atoms with Gasteiger partial charge in [-0.2, -0.15) is 5.26 Å². The maximum absolute atomic E-state index is 11.1. The van der Waals surface area contributed by atoms with E-state index in [1.807, 2.05) is 6.92 Å². The van der Waals surface area contributed by atoms with E-state index in [0.717, 1.165) is 0 Å². The Labute approximate surface area is 94.4 Å². The monoisotopic (exact) mass is 215 g/mol. The normalized spacial score (nSPS) is 12.0. The molecule has 82 valence electrons. The Morgan fingerprint density at radius 3 is 2.81 bits per heavy atom. The van der Waals surface area contributed by atoms with Crippen LogP contribution in [-0.2, 0) is 0 Å². The smallest absolute Gasteiger partial charge is 0.250 e. The molecule has 0 heterocycles. The van der Waals surface area contributed by atoms with Gasteiger partial charge in [-0.3, -0.25) is 4.79 Å². The fourth-order valence-electron chi connectivity index (χ4n) is 1.31. The molecule has 0 aliphatic heterocycles. The number of carbonyl (C=O) groups excluding carboxylic acids is 1. The van der Waals surface area contributed by atoms with Crippen molar-refractivity contribution >= 4 is 11.6 Å². The zero-order valence-corrected chi connectivity index (χ0v) is 8.97. The first-order valence-corrected chi connectivity index (χ1v) is 4.87. The van der Waals surface area contributed by atoms with Crippen LogP contribution in [0.2, 0.25) is 0 Å². The highest BCUT2D eigenvalue weighted by Crippen LogP contribution is 2.15. The number of amides is 1. The van der Waals surface area contributed by atoms with Crippen LogP contribution in [0, 0.1) is 11.3 Å². The fraction of sp³-hybridized carbons (Fsp3) is 0.167. The van der Waals surface area contributed by atoms with E-state index in [4.69, 9.17) is 11.0 Å². The number of primary amides is 1. The second kappa shape index (κ2) is 5.56. The van der Waals surface area contributed by atoms with Crippen LogP contribution < -0.4 is 11.1 Å². The summed E-state index contributed by atoms with van der Waals surface area (Å²) in [5.41, 5.74) is 6.18. The molecule has 1 rings (SSSR count). The van der Waals surface area contributed by atoms with Crippen LogP contribution in [0.1, 0.15) is 17.3 Å². The van der Waals surface area contributed by atoms with E-state index in [0.29, 0.717) is 11.3 Å². The Balaban J connectivity index is 2.97. The van der Waals surface area contributed by atoms with Gasteiger partial charge in [0, 0.05) is 5.69 Å². The molecule has 0 saturated heterocycles. The van der Waals surface area contributed by atoms with Gasteiger partial charge in [0.05, 0.1) is 11.6 Å². The van der Waals surface area contributed by atoms with E-state index < -0.39 is 11.9 Å². The molecule has 1 aromatic rings. The number of nitrogens with zero attached hydrogens (tertiary/aromatic N) is 1. The quantitative estimate of drug-likeness (QED) is 0.750. The van der Waals surface area contributed by atoms with Crippen molar-refractivity contribution in [1.29, 1.82) is 5.26 Å². The van der Waals surface area contributed by atoms with Gasteiger partial charge in [-0.05, 0) is 19.1 Å². The number of carbonyl (C=O) groups is 1. The van der Waals surface area contributed by atoms with E-state index in [-0.39, 0.29) is 0 Å². The van der Waals surface area contributed by atoms with Gasteiger partial charge in [0.15, 0.2) is 0 Å². The van der Waals surface area contributed by atoms with Crippen molar-refractivity contribution in [1.82, 2.24) is 0 Å². The molecule has 4 heteroatoms. The van der Waals surface area contributed by atoms with Gasteiger partial charge in [0.2, 0.25) is 0 Å². The zero-order valence-electron chi connectivity index (χ0n) is 8.97. The van der Waals surface area contributed by atoms with Crippen molar-refractivity contribution in [3.63, 3.8) is 0 Å². The van der Waals surface area contributed by atoms with Crippen LogP contribution in [0.15, 0.2) is 36.4 Å². The molecule has 0 aliphatic rings. The van der Waals surface area contributed by atoms with Crippen LogP contribution in [0.5, 0.6) is 0 Å². The molecule has 1 aromatic carbocycles. The number of para-hydroxylation sites is 1. The molecule has 0 fully saturated rings. The predicted molar refractivity (Wildman–Crippen MR) is 62.8 cm³/mol. The van der Waals surface area contributed by atoms with Crippen LogP contribution >= 0.6 is 0 Å². The first-order chi connectivity index (χ1) is 7.69. The maximum atomic E-state index is 11.1. The number of nitriles is 1. The van der Waals surface area contributed by atoms with Gasteiger partial charge < -0.3 is 11.1 Å². The van der Waals surface area contributed by atoms with Crippen LogP contribution in [0.4, 0.5) is 5.69 Å². The van der Waals surface area contributed by atoms with Gasteiger partial charge in [0.25, 0.3) is 5.91 Å². The van der Waals surface area contributed by atoms with Gasteiger partial charge in [-0.25, -0.2) is 0 Å². The van der Waals surface area contributed by atoms with E-state index in [2.05, 4.69) is 11.4 Å². The second-order valence-electron chi connectivity index (χ2n) is 3.19. The van der Waals surface area contributed by atoms with Crippen LogP contribution in [0.3, 0.4) is 0 Å². The molecule has 16 heavy (non-hydrogen) atoms. The second-order valence-corrected chi connectivity index (χ2v) is 3.19. The van der Waals surface area contributed by atoms with E-state index in [1.165, 1.54) is 0 Å². The van der Waals surface area contributed by atoms with Gasteiger partial charge in [0.1, 0.15) is 6.04 Å². The molecular formula is C12H13N3O. The summed E-state index contributed by atoms with van der Waals surface area (Å²) in [7, 11) is 0. The van der Waals surface area contributed by atoms with Crippen molar-refractivity contribution in [2.24, 2.45) is 5.73 Å².